The number of hydrogen-bond donors (Lipinski definition) is 0. The van der Waals surface area contributed by atoms with Crippen LogP contribution in [-0.4, -0.2) is 39.5 Å². The zero-order chi connectivity index (χ0) is 27.0. The van der Waals surface area contributed by atoms with Crippen molar-refractivity contribution >= 4 is 64.0 Å². The van der Waals surface area contributed by atoms with E-state index in [-0.39, 0.29) is 32.9 Å². The lowest BCUT2D eigenvalue weighted by Gasteiger charge is -2.18. The van der Waals surface area contributed by atoms with Crippen molar-refractivity contribution in [3.05, 3.63) is 0 Å². The van der Waals surface area contributed by atoms with Crippen molar-refractivity contribution in [1.82, 2.24) is 0 Å². The second-order valence-corrected chi connectivity index (χ2v) is 13.2. The van der Waals surface area contributed by atoms with Crippen LogP contribution in [0.5, 0.6) is 0 Å². The number of unbranched alkanes of at least 4 members (excludes halogenated alkanes) is 10. The molecule has 0 amide bonds. The van der Waals surface area contributed by atoms with Gasteiger partial charge in [0.2, 0.25) is 0 Å². The second kappa shape index (κ2) is 26.2. The van der Waals surface area contributed by atoms with Crippen molar-refractivity contribution in [3.63, 3.8) is 0 Å². The highest BCUT2D eigenvalue weighted by molar-refractivity contribution is 6.30. The number of alkyl halides is 5. The van der Waals surface area contributed by atoms with Gasteiger partial charge in [0.1, 0.15) is 0 Å². The number of ether oxygens (including phenoxy) is 1. The van der Waals surface area contributed by atoms with Gasteiger partial charge in [0.05, 0.1) is 6.61 Å². The molecule has 0 aliphatic rings. The van der Waals surface area contributed by atoms with Gasteiger partial charge < -0.3 is 4.74 Å². The summed E-state index contributed by atoms with van der Waals surface area (Å²) in [4.78, 5) is 12.0. The molecule has 0 aromatic heterocycles. The molecule has 2 nitrogen and oxygen atoms in total. The van der Waals surface area contributed by atoms with Gasteiger partial charge in [-0.15, -0.1) is 58.0 Å². The monoisotopic (exact) mass is 608 g/mol. The van der Waals surface area contributed by atoms with E-state index < -0.39 is 0 Å². The molecular formula is C29H53Cl5O2. The molecule has 0 radical (unpaired) electrons. The van der Waals surface area contributed by atoms with E-state index in [1.165, 1.54) is 57.8 Å². The molecule has 0 spiro atoms. The van der Waals surface area contributed by atoms with Crippen LogP contribution in [-0.2, 0) is 9.53 Å². The van der Waals surface area contributed by atoms with Crippen molar-refractivity contribution in [2.75, 3.05) is 6.61 Å². The van der Waals surface area contributed by atoms with Gasteiger partial charge in [-0.25, -0.2) is 0 Å². The first-order valence-electron chi connectivity index (χ1n) is 14.7. The number of hydrogen-bond acceptors (Lipinski definition) is 2. The summed E-state index contributed by atoms with van der Waals surface area (Å²) in [5.74, 6) is -0.150. The van der Waals surface area contributed by atoms with Gasteiger partial charge in [-0.3, -0.25) is 4.79 Å². The van der Waals surface area contributed by atoms with E-state index in [0.717, 1.165) is 57.8 Å². The van der Waals surface area contributed by atoms with Crippen LogP contribution >= 0.6 is 58.0 Å². The molecule has 0 heterocycles. The summed E-state index contributed by atoms with van der Waals surface area (Å²) in [6, 6.07) is 0. The summed E-state index contributed by atoms with van der Waals surface area (Å²) >= 11 is 31.9. The Hall–Kier alpha value is 0.920. The van der Waals surface area contributed by atoms with Crippen molar-refractivity contribution in [3.8, 4) is 0 Å². The van der Waals surface area contributed by atoms with E-state index in [9.17, 15) is 4.79 Å². The van der Waals surface area contributed by atoms with Gasteiger partial charge in [-0.2, -0.15) is 0 Å². The normalized spacial score (nSPS) is 15.9. The molecule has 0 aliphatic heterocycles. The minimum Gasteiger partial charge on any atom is -0.466 e. The number of carbonyl (C=O) groups excluding carboxylic acids is 1. The Morgan fingerprint density at radius 1 is 0.583 bits per heavy atom. The number of esters is 1. The molecule has 216 valence electrons. The fraction of sp³-hybridized carbons (Fsp3) is 0.966. The molecule has 5 atom stereocenters. The number of carbonyl (C=O) groups is 1. The Kier molecular flexibility index (Phi) is 26.8. The standard InChI is InChI=1S/C29H53Cl5O2/c1-3-5-6-7-8-9-10-11-12-13-14-22-36-29(35)21-19-25(31)18-20-28(34)27(33)17-15-16-26(32)23-24(30)4-2/h24-28H,3-23H2,1-2H3. The zero-order valence-corrected chi connectivity index (χ0v) is 26.7. The average Bonchev–Trinajstić information content (AvgIpc) is 2.86. The van der Waals surface area contributed by atoms with Crippen molar-refractivity contribution in [2.45, 2.75) is 169 Å². The van der Waals surface area contributed by atoms with Crippen LogP contribution in [0, 0.1) is 0 Å². The Labute approximate surface area is 248 Å². The van der Waals surface area contributed by atoms with Crippen LogP contribution in [0.25, 0.3) is 0 Å². The zero-order valence-electron chi connectivity index (χ0n) is 22.9. The lowest BCUT2D eigenvalue weighted by molar-refractivity contribution is -0.143. The summed E-state index contributed by atoms with van der Waals surface area (Å²) < 4.78 is 5.37. The number of halogens is 5. The van der Waals surface area contributed by atoms with Crippen LogP contribution < -0.4 is 0 Å². The topological polar surface area (TPSA) is 26.3 Å². The first-order chi connectivity index (χ1) is 17.3. The first-order valence-corrected chi connectivity index (χ1v) is 16.8. The fourth-order valence-electron chi connectivity index (χ4n) is 4.24. The molecule has 0 aromatic rings. The molecule has 0 saturated heterocycles. The van der Waals surface area contributed by atoms with Crippen LogP contribution in [0.4, 0.5) is 0 Å². The lowest BCUT2D eigenvalue weighted by atomic mass is 10.0. The lowest BCUT2D eigenvalue weighted by Crippen LogP contribution is -2.18. The maximum atomic E-state index is 12.0. The molecule has 0 aliphatic carbocycles. The van der Waals surface area contributed by atoms with E-state index >= 15 is 0 Å². The third-order valence-electron chi connectivity index (χ3n) is 6.77. The van der Waals surface area contributed by atoms with Gasteiger partial charge in [-0.05, 0) is 51.4 Å². The SMILES string of the molecule is CCCCCCCCCCCCCOC(=O)CCC(Cl)CCC(Cl)C(Cl)CCCC(Cl)CC(Cl)CC. The van der Waals surface area contributed by atoms with E-state index in [1.54, 1.807) is 0 Å². The van der Waals surface area contributed by atoms with Gasteiger partial charge in [0.15, 0.2) is 0 Å². The predicted molar refractivity (Wildman–Crippen MR) is 163 cm³/mol. The van der Waals surface area contributed by atoms with Crippen LogP contribution in [0.1, 0.15) is 142 Å². The summed E-state index contributed by atoms with van der Waals surface area (Å²) in [5.41, 5.74) is 0. The summed E-state index contributed by atoms with van der Waals surface area (Å²) in [6.07, 6.45) is 21.0. The minimum absolute atomic E-state index is 0.0898. The van der Waals surface area contributed by atoms with Crippen LogP contribution in [0.15, 0.2) is 0 Å². The highest BCUT2D eigenvalue weighted by atomic mass is 35.5. The third-order valence-corrected chi connectivity index (χ3v) is 9.27. The van der Waals surface area contributed by atoms with Gasteiger partial charge in [-0.1, -0.05) is 84.5 Å². The van der Waals surface area contributed by atoms with E-state index in [0.29, 0.717) is 19.4 Å². The third kappa shape index (κ3) is 24.0. The molecule has 0 bridgehead atoms. The van der Waals surface area contributed by atoms with Crippen molar-refractivity contribution in [2.24, 2.45) is 0 Å². The summed E-state index contributed by atoms with van der Waals surface area (Å²) in [6.45, 7) is 4.85. The van der Waals surface area contributed by atoms with E-state index in [1.807, 2.05) is 0 Å². The summed E-state index contributed by atoms with van der Waals surface area (Å²) in [7, 11) is 0. The van der Waals surface area contributed by atoms with Gasteiger partial charge in [0, 0.05) is 33.3 Å². The Balaban J connectivity index is 3.64. The highest BCUT2D eigenvalue weighted by Crippen LogP contribution is 2.26. The second-order valence-electron chi connectivity index (χ2n) is 10.3. The highest BCUT2D eigenvalue weighted by Gasteiger charge is 2.20. The molecule has 0 saturated carbocycles. The predicted octanol–water partition coefficient (Wildman–Crippen LogP) is 11.4. The molecule has 0 aromatic carbocycles. The van der Waals surface area contributed by atoms with Crippen LogP contribution in [0.3, 0.4) is 0 Å². The van der Waals surface area contributed by atoms with Crippen molar-refractivity contribution in [1.29, 1.82) is 0 Å². The maximum absolute atomic E-state index is 12.0. The molecular weight excluding hydrogens is 558 g/mol. The fourth-order valence-corrected chi connectivity index (χ4v) is 5.68. The molecule has 0 fully saturated rings. The largest absolute Gasteiger partial charge is 0.466 e. The molecule has 0 N–H and O–H groups in total. The smallest absolute Gasteiger partial charge is 0.305 e. The summed E-state index contributed by atoms with van der Waals surface area (Å²) in [5, 5.41) is -0.0969. The quantitative estimate of drug-likeness (QED) is 0.0553. The Morgan fingerprint density at radius 2 is 1.14 bits per heavy atom. The number of rotatable bonds is 26. The Bertz CT molecular complexity index is 494. The van der Waals surface area contributed by atoms with E-state index in [4.69, 9.17) is 62.7 Å². The van der Waals surface area contributed by atoms with Gasteiger partial charge in [0.25, 0.3) is 0 Å². The first kappa shape index (κ1) is 36.9. The van der Waals surface area contributed by atoms with E-state index in [2.05, 4.69) is 13.8 Å². The van der Waals surface area contributed by atoms with Crippen molar-refractivity contribution < 1.29 is 9.53 Å². The van der Waals surface area contributed by atoms with Gasteiger partial charge >= 0.3 is 5.97 Å². The molecule has 7 heteroatoms. The molecule has 5 unspecified atom stereocenters. The molecule has 0 rings (SSSR count). The Morgan fingerprint density at radius 3 is 1.72 bits per heavy atom. The average molecular weight is 611 g/mol. The minimum atomic E-state index is -0.150. The molecule has 36 heavy (non-hydrogen) atoms. The maximum Gasteiger partial charge on any atom is 0.305 e. The van der Waals surface area contributed by atoms with Crippen LogP contribution in [0.2, 0.25) is 0 Å².